The van der Waals surface area contributed by atoms with Crippen LogP contribution in [0.3, 0.4) is 0 Å². The van der Waals surface area contributed by atoms with E-state index in [0.717, 1.165) is 0 Å². The molecule has 1 amide bonds. The molecule has 0 radical (unpaired) electrons. The molecule has 0 unspecified atom stereocenters. The Morgan fingerprint density at radius 3 is 2.55 bits per heavy atom. The molecule has 66 valence electrons. The van der Waals surface area contributed by atoms with E-state index in [-0.39, 0.29) is 6.09 Å². The summed E-state index contributed by atoms with van der Waals surface area (Å²) in [5.74, 6) is 0. The Hall–Kier alpha value is -0.770. The SMILES string of the molecule is CCOC(=O)N(CC)CCN. The molecule has 0 fully saturated rings. The molecule has 4 nitrogen and oxygen atoms in total. The minimum atomic E-state index is -0.277. The molecule has 0 aliphatic heterocycles. The molecule has 2 N–H and O–H groups in total. The molecule has 0 aliphatic rings. The van der Waals surface area contributed by atoms with Crippen molar-refractivity contribution in [1.82, 2.24) is 4.90 Å². The normalized spacial score (nSPS) is 9.36. The molecule has 0 aromatic heterocycles. The largest absolute Gasteiger partial charge is 0.450 e. The van der Waals surface area contributed by atoms with E-state index in [0.29, 0.717) is 26.2 Å². The van der Waals surface area contributed by atoms with Crippen molar-refractivity contribution in [3.63, 3.8) is 0 Å². The van der Waals surface area contributed by atoms with Crippen molar-refractivity contribution in [3.8, 4) is 0 Å². The van der Waals surface area contributed by atoms with E-state index in [1.54, 1.807) is 11.8 Å². The molecule has 0 aromatic carbocycles. The van der Waals surface area contributed by atoms with Crippen molar-refractivity contribution in [2.75, 3.05) is 26.2 Å². The van der Waals surface area contributed by atoms with Crippen LogP contribution in [0.1, 0.15) is 13.8 Å². The molecule has 0 spiro atoms. The van der Waals surface area contributed by atoms with Crippen LogP contribution < -0.4 is 5.73 Å². The minimum absolute atomic E-state index is 0.277. The van der Waals surface area contributed by atoms with Crippen molar-refractivity contribution >= 4 is 6.09 Å². The van der Waals surface area contributed by atoms with Gasteiger partial charge in [-0.3, -0.25) is 0 Å². The fraction of sp³-hybridized carbons (Fsp3) is 0.857. The van der Waals surface area contributed by atoms with Crippen LogP contribution in [-0.2, 0) is 4.74 Å². The molecule has 0 heterocycles. The highest BCUT2D eigenvalue weighted by Gasteiger charge is 2.09. The van der Waals surface area contributed by atoms with E-state index < -0.39 is 0 Å². The lowest BCUT2D eigenvalue weighted by molar-refractivity contribution is 0.110. The lowest BCUT2D eigenvalue weighted by atomic mass is 10.5. The first-order valence-electron chi connectivity index (χ1n) is 3.88. The molecule has 0 saturated carbocycles. The fourth-order valence-electron chi connectivity index (χ4n) is 0.749. The first-order chi connectivity index (χ1) is 5.26. The van der Waals surface area contributed by atoms with Gasteiger partial charge in [-0.1, -0.05) is 0 Å². The topological polar surface area (TPSA) is 55.6 Å². The van der Waals surface area contributed by atoms with Gasteiger partial charge in [0.15, 0.2) is 0 Å². The van der Waals surface area contributed by atoms with Crippen LogP contribution in [0.4, 0.5) is 4.79 Å². The Balaban J connectivity index is 3.71. The van der Waals surface area contributed by atoms with Crippen LogP contribution in [0.5, 0.6) is 0 Å². The van der Waals surface area contributed by atoms with Crippen molar-refractivity contribution < 1.29 is 9.53 Å². The van der Waals surface area contributed by atoms with Crippen molar-refractivity contribution in [1.29, 1.82) is 0 Å². The monoisotopic (exact) mass is 160 g/mol. The van der Waals surface area contributed by atoms with Gasteiger partial charge in [-0.25, -0.2) is 4.79 Å². The second-order valence-electron chi connectivity index (χ2n) is 2.07. The molecule has 0 saturated heterocycles. The Bertz CT molecular complexity index is 117. The summed E-state index contributed by atoms with van der Waals surface area (Å²) in [6.45, 7) is 5.79. The van der Waals surface area contributed by atoms with Gasteiger partial charge in [0.1, 0.15) is 0 Å². The van der Waals surface area contributed by atoms with Gasteiger partial charge < -0.3 is 15.4 Å². The van der Waals surface area contributed by atoms with E-state index in [4.69, 9.17) is 10.5 Å². The quantitative estimate of drug-likeness (QED) is 0.648. The van der Waals surface area contributed by atoms with E-state index in [2.05, 4.69) is 0 Å². The van der Waals surface area contributed by atoms with Gasteiger partial charge in [0.25, 0.3) is 0 Å². The van der Waals surface area contributed by atoms with Crippen LogP contribution in [0.2, 0.25) is 0 Å². The van der Waals surface area contributed by atoms with E-state index in [1.165, 1.54) is 0 Å². The van der Waals surface area contributed by atoms with Crippen LogP contribution >= 0.6 is 0 Å². The molecule has 0 aromatic rings. The third kappa shape index (κ3) is 3.83. The first-order valence-corrected chi connectivity index (χ1v) is 3.88. The molecule has 4 heteroatoms. The molecule has 11 heavy (non-hydrogen) atoms. The van der Waals surface area contributed by atoms with Gasteiger partial charge in [-0.2, -0.15) is 0 Å². The molecular formula is C7H16N2O2. The van der Waals surface area contributed by atoms with Gasteiger partial charge in [0.05, 0.1) is 6.61 Å². The summed E-state index contributed by atoms with van der Waals surface area (Å²) in [6.07, 6.45) is -0.277. The van der Waals surface area contributed by atoms with E-state index >= 15 is 0 Å². The first kappa shape index (κ1) is 10.2. The summed E-state index contributed by atoms with van der Waals surface area (Å²) < 4.78 is 4.78. The highest BCUT2D eigenvalue weighted by Crippen LogP contribution is 1.91. The number of hydrogen-bond donors (Lipinski definition) is 1. The maximum atomic E-state index is 11.0. The predicted molar refractivity (Wildman–Crippen MR) is 43.3 cm³/mol. The number of rotatable bonds is 4. The zero-order chi connectivity index (χ0) is 8.69. The van der Waals surface area contributed by atoms with Gasteiger partial charge in [0, 0.05) is 19.6 Å². The third-order valence-electron chi connectivity index (χ3n) is 1.31. The van der Waals surface area contributed by atoms with Gasteiger partial charge in [0.2, 0.25) is 0 Å². The van der Waals surface area contributed by atoms with Crippen molar-refractivity contribution in [3.05, 3.63) is 0 Å². The number of amides is 1. The van der Waals surface area contributed by atoms with Gasteiger partial charge in [-0.05, 0) is 13.8 Å². The molecule has 0 rings (SSSR count). The Kier molecular flexibility index (Phi) is 5.56. The summed E-state index contributed by atoms with van der Waals surface area (Å²) in [6, 6.07) is 0. The molecule has 0 aliphatic carbocycles. The van der Waals surface area contributed by atoms with Crippen LogP contribution in [0.15, 0.2) is 0 Å². The predicted octanol–water partition coefficient (Wildman–Crippen LogP) is 0.424. The van der Waals surface area contributed by atoms with Crippen molar-refractivity contribution in [2.45, 2.75) is 13.8 Å². The van der Waals surface area contributed by atoms with E-state index in [1.807, 2.05) is 6.92 Å². The smallest absolute Gasteiger partial charge is 0.409 e. The Morgan fingerprint density at radius 2 is 2.18 bits per heavy atom. The lowest BCUT2D eigenvalue weighted by Gasteiger charge is -2.18. The van der Waals surface area contributed by atoms with Crippen LogP contribution in [-0.4, -0.2) is 37.2 Å². The van der Waals surface area contributed by atoms with Gasteiger partial charge >= 0.3 is 6.09 Å². The van der Waals surface area contributed by atoms with Gasteiger partial charge in [-0.15, -0.1) is 0 Å². The number of ether oxygens (including phenoxy) is 1. The summed E-state index contributed by atoms with van der Waals surface area (Å²) in [7, 11) is 0. The van der Waals surface area contributed by atoms with Crippen LogP contribution in [0.25, 0.3) is 0 Å². The number of nitrogens with two attached hydrogens (primary N) is 1. The Morgan fingerprint density at radius 1 is 1.55 bits per heavy atom. The molecule has 0 atom stereocenters. The highest BCUT2D eigenvalue weighted by atomic mass is 16.6. The molecular weight excluding hydrogens is 144 g/mol. The lowest BCUT2D eigenvalue weighted by Crippen LogP contribution is -2.35. The van der Waals surface area contributed by atoms with Crippen molar-refractivity contribution in [2.24, 2.45) is 5.73 Å². The zero-order valence-corrected chi connectivity index (χ0v) is 7.17. The number of nitrogens with zero attached hydrogens (tertiary/aromatic N) is 1. The zero-order valence-electron chi connectivity index (χ0n) is 7.17. The minimum Gasteiger partial charge on any atom is -0.450 e. The summed E-state index contributed by atoms with van der Waals surface area (Å²) in [4.78, 5) is 12.6. The maximum Gasteiger partial charge on any atom is 0.409 e. The second kappa shape index (κ2) is 5.97. The average Bonchev–Trinajstić information content (AvgIpc) is 2.00. The maximum absolute atomic E-state index is 11.0. The standard InChI is InChI=1S/C7H16N2O2/c1-3-9(6-5-8)7(10)11-4-2/h3-6,8H2,1-2H3. The molecule has 0 bridgehead atoms. The number of carbonyl (C=O) groups is 1. The number of likely N-dealkylation sites (N-methyl/N-ethyl adjacent to an activating group) is 1. The van der Waals surface area contributed by atoms with Crippen LogP contribution in [0, 0.1) is 0 Å². The Labute approximate surface area is 67.3 Å². The number of carbonyl (C=O) groups excluding carboxylic acids is 1. The number of hydrogen-bond acceptors (Lipinski definition) is 3. The van der Waals surface area contributed by atoms with E-state index in [9.17, 15) is 4.79 Å². The third-order valence-corrected chi connectivity index (χ3v) is 1.31. The second-order valence-corrected chi connectivity index (χ2v) is 2.07. The summed E-state index contributed by atoms with van der Waals surface area (Å²) in [5.41, 5.74) is 5.29. The fourth-order valence-corrected chi connectivity index (χ4v) is 0.749. The summed E-state index contributed by atoms with van der Waals surface area (Å²) >= 11 is 0. The summed E-state index contributed by atoms with van der Waals surface area (Å²) in [5, 5.41) is 0. The average molecular weight is 160 g/mol. The highest BCUT2D eigenvalue weighted by molar-refractivity contribution is 5.67.